The van der Waals surface area contributed by atoms with Gasteiger partial charge in [0.1, 0.15) is 47.3 Å². The van der Waals surface area contributed by atoms with Gasteiger partial charge in [0.05, 0.1) is 19.4 Å². The third kappa shape index (κ3) is 6.00. The molecule has 0 aliphatic carbocycles. The average molecular weight is 683 g/mol. The number of nitrogen functional groups attached to an aromatic ring is 1. The van der Waals surface area contributed by atoms with Crippen LogP contribution in [0.15, 0.2) is 41.4 Å². The topological polar surface area (TPSA) is 261 Å². The molecule has 6 atom stereocenters. The summed E-state index contributed by atoms with van der Waals surface area (Å²) in [6, 6.07) is 2.67. The Bertz CT molecular complexity index is 1780. The molecule has 6 rings (SSSR count). The number of thioether (sulfide) groups is 1. The molecule has 3 aromatic heterocycles. The van der Waals surface area contributed by atoms with Gasteiger partial charge in [0.15, 0.2) is 17.7 Å². The van der Waals surface area contributed by atoms with Gasteiger partial charge in [0.2, 0.25) is 5.91 Å². The zero-order chi connectivity index (χ0) is 32.0. The molecule has 2 fully saturated rings. The van der Waals surface area contributed by atoms with Crippen LogP contribution in [0.25, 0.3) is 11.2 Å². The third-order valence-corrected chi connectivity index (χ3v) is 10.5. The number of hydrogen-bond donors (Lipinski definition) is 6. The molecule has 0 bridgehead atoms. The normalized spacial score (nSPS) is 26.6. The number of carboxylic acids is 1. The highest BCUT2D eigenvalue weighted by Gasteiger charge is 2.54. The summed E-state index contributed by atoms with van der Waals surface area (Å²) in [5.74, 6) is -2.29. The Morgan fingerprint density at radius 3 is 2.76 bits per heavy atom. The number of ether oxygens (including phenoxy) is 1. The first-order valence-electron chi connectivity index (χ1n) is 13.3. The number of anilines is 1. The number of imidazole rings is 1. The lowest BCUT2D eigenvalue weighted by molar-refractivity contribution is -0.150. The maximum atomic E-state index is 12.9. The number of fused-ring (bicyclic) bond motifs is 2. The number of nitrogens with one attached hydrogen (secondary N) is 2. The Balaban J connectivity index is 1.06. The van der Waals surface area contributed by atoms with Crippen molar-refractivity contribution in [1.82, 2.24) is 34.5 Å². The number of carbonyl (C=O) groups is 3. The molecule has 3 aliphatic heterocycles. The second kappa shape index (κ2) is 12.2. The predicted molar refractivity (Wildman–Crippen MR) is 156 cm³/mol. The van der Waals surface area contributed by atoms with E-state index in [-0.39, 0.29) is 46.3 Å². The van der Waals surface area contributed by atoms with Crippen molar-refractivity contribution in [3.63, 3.8) is 0 Å². The molecule has 18 nitrogen and oxygen atoms in total. The highest BCUT2D eigenvalue weighted by atomic mass is 32.2. The van der Waals surface area contributed by atoms with Crippen LogP contribution in [-0.4, -0.2) is 115 Å². The first kappa shape index (κ1) is 31.3. The largest absolute Gasteiger partial charge is 0.477 e. The molecule has 45 heavy (non-hydrogen) atoms. The van der Waals surface area contributed by atoms with E-state index in [2.05, 4.69) is 25.0 Å². The summed E-state index contributed by atoms with van der Waals surface area (Å²) in [5.41, 5.74) is 5.97. The third-order valence-electron chi connectivity index (χ3n) is 7.33. The van der Waals surface area contributed by atoms with Crippen LogP contribution in [0, 0.1) is 0 Å². The van der Waals surface area contributed by atoms with Crippen LogP contribution >= 0.6 is 23.1 Å². The number of carbonyl (C=O) groups excluding carboxylic acids is 2. The maximum absolute atomic E-state index is 12.9. The molecular formula is C24H26N8O10S3. The quantitative estimate of drug-likeness (QED) is 0.119. The van der Waals surface area contributed by atoms with Gasteiger partial charge in [-0.2, -0.15) is 13.1 Å². The van der Waals surface area contributed by atoms with E-state index in [0.717, 1.165) is 9.78 Å². The lowest BCUT2D eigenvalue weighted by Crippen LogP contribution is -2.70. The van der Waals surface area contributed by atoms with Crippen molar-refractivity contribution in [3.05, 3.63) is 46.3 Å². The van der Waals surface area contributed by atoms with Gasteiger partial charge in [0, 0.05) is 17.2 Å². The number of β-lactam (4-membered cyclic amide) rings is 1. The lowest BCUT2D eigenvalue weighted by Gasteiger charge is -2.49. The van der Waals surface area contributed by atoms with Gasteiger partial charge in [-0.05, 0) is 17.0 Å². The van der Waals surface area contributed by atoms with Crippen LogP contribution in [0.3, 0.4) is 0 Å². The maximum Gasteiger partial charge on any atom is 0.352 e. The van der Waals surface area contributed by atoms with E-state index in [1.165, 1.54) is 40.3 Å². The zero-order valence-corrected chi connectivity index (χ0v) is 25.4. The van der Waals surface area contributed by atoms with E-state index in [4.69, 9.17) is 14.7 Å². The molecule has 1 unspecified atom stereocenters. The van der Waals surface area contributed by atoms with Crippen molar-refractivity contribution in [2.24, 2.45) is 0 Å². The molecule has 240 valence electrons. The summed E-state index contributed by atoms with van der Waals surface area (Å²) in [6.45, 7) is -1.20. The number of aliphatic hydroxyl groups excluding tert-OH is 2. The van der Waals surface area contributed by atoms with E-state index < -0.39 is 71.3 Å². The fourth-order valence-corrected chi connectivity index (χ4v) is 7.94. The molecule has 21 heteroatoms. The van der Waals surface area contributed by atoms with Crippen LogP contribution in [0.1, 0.15) is 11.1 Å². The molecule has 2 saturated heterocycles. The number of rotatable bonds is 11. The van der Waals surface area contributed by atoms with Crippen molar-refractivity contribution in [1.29, 1.82) is 0 Å². The number of carboxylic acid groups (broad SMARTS) is 1. The molecule has 3 aliphatic rings. The number of hydrogen-bond acceptors (Lipinski definition) is 15. The molecule has 0 radical (unpaired) electrons. The minimum absolute atomic E-state index is 0.0567. The fourth-order valence-electron chi connectivity index (χ4n) is 5.14. The molecule has 0 saturated carbocycles. The zero-order valence-electron chi connectivity index (χ0n) is 22.9. The van der Waals surface area contributed by atoms with E-state index >= 15 is 0 Å². The molecule has 2 amide bonds. The van der Waals surface area contributed by atoms with Gasteiger partial charge < -0.3 is 31.1 Å². The van der Waals surface area contributed by atoms with Crippen LogP contribution in [-0.2, 0) is 40.0 Å². The first-order chi connectivity index (χ1) is 21.4. The van der Waals surface area contributed by atoms with Crippen LogP contribution in [0.4, 0.5) is 5.82 Å². The van der Waals surface area contributed by atoms with Gasteiger partial charge >= 0.3 is 16.3 Å². The minimum atomic E-state index is -4.52. The SMILES string of the molecule is Nc1ncnc2c1ncn2C1O[C@H](COS(=O)(=O)NCC2=C(C(=O)O)N3C(=O)[C@@H](NC(=O)Cc4cccs4)[C@H]3SC2)[C@@H](O)[C@H]1O. The molecule has 6 heterocycles. The van der Waals surface area contributed by atoms with Crippen molar-refractivity contribution in [2.45, 2.75) is 42.4 Å². The molecular weight excluding hydrogens is 657 g/mol. The minimum Gasteiger partial charge on any atom is -0.477 e. The van der Waals surface area contributed by atoms with Crippen LogP contribution in [0.5, 0.6) is 0 Å². The van der Waals surface area contributed by atoms with Crippen molar-refractivity contribution >= 4 is 68.2 Å². The summed E-state index contributed by atoms with van der Waals surface area (Å²) >= 11 is 2.58. The van der Waals surface area contributed by atoms with Gasteiger partial charge in [-0.3, -0.25) is 23.2 Å². The van der Waals surface area contributed by atoms with Crippen LogP contribution in [0.2, 0.25) is 0 Å². The van der Waals surface area contributed by atoms with E-state index in [1.807, 2.05) is 5.38 Å². The Labute approximate surface area is 262 Å². The number of nitrogens with zero attached hydrogens (tertiary/aromatic N) is 5. The molecule has 0 aromatic carbocycles. The fraction of sp³-hybridized carbons (Fsp3) is 0.417. The van der Waals surface area contributed by atoms with Crippen LogP contribution < -0.4 is 15.8 Å². The summed E-state index contributed by atoms with van der Waals surface area (Å²) in [6.07, 6.45) is -2.99. The highest BCUT2D eigenvalue weighted by molar-refractivity contribution is 8.00. The number of aromatic nitrogens is 4. The Morgan fingerprint density at radius 2 is 2.02 bits per heavy atom. The Hall–Kier alpha value is -3.70. The molecule has 7 N–H and O–H groups in total. The number of amides is 2. The first-order valence-corrected chi connectivity index (χ1v) is 16.6. The summed E-state index contributed by atoms with van der Waals surface area (Å²) < 4.78 is 39.4. The van der Waals surface area contributed by atoms with E-state index in [9.17, 15) is 38.1 Å². The van der Waals surface area contributed by atoms with Gasteiger partial charge in [-0.25, -0.2) is 19.7 Å². The summed E-state index contributed by atoms with van der Waals surface area (Å²) in [4.78, 5) is 51.2. The number of nitrogens with two attached hydrogens (primary N) is 1. The predicted octanol–water partition coefficient (Wildman–Crippen LogP) is -2.08. The van der Waals surface area contributed by atoms with E-state index in [0.29, 0.717) is 0 Å². The van der Waals surface area contributed by atoms with Gasteiger partial charge in [-0.1, -0.05) is 6.07 Å². The monoisotopic (exact) mass is 682 g/mol. The highest BCUT2D eigenvalue weighted by Crippen LogP contribution is 2.40. The second-order valence-electron chi connectivity index (χ2n) is 10.2. The van der Waals surface area contributed by atoms with Gasteiger partial charge in [0.25, 0.3) is 5.91 Å². The number of aliphatic hydroxyl groups is 2. The van der Waals surface area contributed by atoms with Crippen molar-refractivity contribution < 1.29 is 47.0 Å². The second-order valence-corrected chi connectivity index (χ2v) is 13.7. The van der Waals surface area contributed by atoms with Gasteiger partial charge in [-0.15, -0.1) is 23.1 Å². The Kier molecular flexibility index (Phi) is 8.51. The lowest BCUT2D eigenvalue weighted by atomic mass is 10.0. The van der Waals surface area contributed by atoms with Crippen molar-refractivity contribution in [3.8, 4) is 0 Å². The number of aliphatic carboxylic acids is 1. The standard InChI is InChI=1S/C24H26N8O10S3/c25-19-14-20(27-8-26-19)31(9-28-14)22-18(35)17(34)12(42-22)6-41-45(39,40)29-5-10-7-44-23-15(21(36)32(23)16(10)24(37)38)30-13(33)4-11-2-1-3-43-11/h1-3,8-9,12,15,17-18,22-23,29,34-35H,4-7H2,(H,30,33)(H,37,38)(H2,25,26,27)/t12-,15-,17-,18-,22?,23-/m1/s1. The van der Waals surface area contributed by atoms with Crippen molar-refractivity contribution in [2.75, 3.05) is 24.6 Å². The average Bonchev–Trinajstić information content (AvgIpc) is 3.74. The smallest absolute Gasteiger partial charge is 0.352 e. The number of thiophene rings is 1. The Morgan fingerprint density at radius 1 is 1.22 bits per heavy atom. The van der Waals surface area contributed by atoms with E-state index in [1.54, 1.807) is 12.1 Å². The molecule has 3 aromatic rings. The summed E-state index contributed by atoms with van der Waals surface area (Å²) in [5, 5.41) is 34.7. The summed E-state index contributed by atoms with van der Waals surface area (Å²) in [7, 11) is -4.52. The molecule has 0 spiro atoms.